The van der Waals surface area contributed by atoms with Gasteiger partial charge < -0.3 is 0 Å². The first-order valence-corrected chi connectivity index (χ1v) is 13.1. The lowest BCUT2D eigenvalue weighted by atomic mass is 9.99. The van der Waals surface area contributed by atoms with E-state index < -0.39 is 27.2 Å². The normalized spacial score (nSPS) is 12.8. The fourth-order valence-electron chi connectivity index (χ4n) is 4.07. The van der Waals surface area contributed by atoms with Crippen LogP contribution in [0, 0.1) is 25.5 Å². The molecule has 0 atom stereocenters. The smallest absolute Gasteiger partial charge is 0.193 e. The van der Waals surface area contributed by atoms with Crippen LogP contribution in [0.2, 0.25) is 0 Å². The molecule has 0 unspecified atom stereocenters. The molecule has 4 heterocycles. The van der Waals surface area contributed by atoms with Gasteiger partial charge in [-0.2, -0.15) is 0 Å². The second kappa shape index (κ2) is 8.97. The Morgan fingerprint density at radius 3 is 2.69 bits per heavy atom. The maximum atomic E-state index is 15.5. The van der Waals surface area contributed by atoms with Gasteiger partial charge in [-0.1, -0.05) is 6.07 Å². The number of hydrogen-bond acceptors (Lipinski definition) is 8. The lowest BCUT2D eigenvalue weighted by Crippen LogP contribution is -2.10. The predicted octanol–water partition coefficient (Wildman–Crippen LogP) is 4.71. The van der Waals surface area contributed by atoms with E-state index >= 15 is 4.39 Å². The molecule has 11 heteroatoms. The average Bonchev–Trinajstić information content (AvgIpc) is 3.45. The molecule has 1 aliphatic rings. The van der Waals surface area contributed by atoms with Gasteiger partial charge in [0.15, 0.2) is 9.84 Å². The first kappa shape index (κ1) is 23.3. The van der Waals surface area contributed by atoms with Gasteiger partial charge in [-0.05, 0) is 32.0 Å². The molecule has 1 aromatic carbocycles. The number of halogens is 2. The van der Waals surface area contributed by atoms with Crippen molar-refractivity contribution in [1.82, 2.24) is 19.9 Å². The quantitative estimate of drug-likeness (QED) is 0.372. The highest BCUT2D eigenvalue weighted by atomic mass is 32.2. The summed E-state index contributed by atoms with van der Waals surface area (Å²) in [5.74, 6) is -2.29. The molecule has 0 radical (unpaired) electrons. The first-order valence-electron chi connectivity index (χ1n) is 10.7. The fourth-order valence-corrected chi connectivity index (χ4v) is 7.02. The van der Waals surface area contributed by atoms with Crippen LogP contribution < -0.4 is 0 Å². The summed E-state index contributed by atoms with van der Waals surface area (Å²) in [6.45, 7) is 3.30. The van der Waals surface area contributed by atoms with Gasteiger partial charge in [-0.3, -0.25) is 9.98 Å². The summed E-state index contributed by atoms with van der Waals surface area (Å²) in [6.07, 6.45) is 5.08. The Morgan fingerprint density at radius 2 is 1.91 bits per heavy atom. The lowest BCUT2D eigenvalue weighted by Gasteiger charge is -2.13. The Morgan fingerprint density at radius 1 is 1.09 bits per heavy atom. The maximum absolute atomic E-state index is 15.5. The molecule has 3 aromatic heterocycles. The predicted molar refractivity (Wildman–Crippen MR) is 129 cm³/mol. The Labute approximate surface area is 204 Å². The number of benzene rings is 1. The number of thiazole rings is 1. The van der Waals surface area contributed by atoms with Crippen molar-refractivity contribution in [2.75, 3.05) is 0 Å². The van der Waals surface area contributed by atoms with E-state index in [0.29, 0.717) is 39.8 Å². The minimum absolute atomic E-state index is 0.0884. The van der Waals surface area contributed by atoms with Gasteiger partial charge in [0.25, 0.3) is 0 Å². The third kappa shape index (κ3) is 4.37. The number of aliphatic imine (C=N–C) groups is 1. The van der Waals surface area contributed by atoms with Crippen LogP contribution in [0.15, 0.2) is 46.0 Å². The van der Waals surface area contributed by atoms with E-state index in [1.165, 1.54) is 18.6 Å². The Hall–Kier alpha value is -3.44. The molecule has 178 valence electrons. The summed E-state index contributed by atoms with van der Waals surface area (Å²) in [6, 6.07) is 5.72. The molecule has 0 aliphatic carbocycles. The SMILES string of the molecule is Cc1nc(C)c(S(=O)(=O)Cc2ccc(F)c(Cc3ncccc3-c3ncnc4c3N=CC4)c2F)s1. The molecule has 0 fully saturated rings. The minimum atomic E-state index is -3.86. The molecular weight excluding hydrogens is 492 g/mol. The van der Waals surface area contributed by atoms with Crippen molar-refractivity contribution in [3.8, 4) is 11.3 Å². The van der Waals surface area contributed by atoms with Crippen LogP contribution in [-0.4, -0.2) is 34.6 Å². The van der Waals surface area contributed by atoms with E-state index in [1.54, 1.807) is 32.2 Å². The zero-order valence-electron chi connectivity index (χ0n) is 18.8. The molecule has 35 heavy (non-hydrogen) atoms. The highest BCUT2D eigenvalue weighted by molar-refractivity contribution is 7.92. The number of hydrogen-bond donors (Lipinski definition) is 0. The van der Waals surface area contributed by atoms with E-state index in [9.17, 15) is 12.8 Å². The van der Waals surface area contributed by atoms with Crippen LogP contribution in [0.25, 0.3) is 11.3 Å². The van der Waals surface area contributed by atoms with Crippen molar-refractivity contribution in [3.05, 3.63) is 81.6 Å². The van der Waals surface area contributed by atoms with Crippen LogP contribution >= 0.6 is 11.3 Å². The highest BCUT2D eigenvalue weighted by Gasteiger charge is 2.26. The van der Waals surface area contributed by atoms with Crippen LogP contribution in [0.5, 0.6) is 0 Å². The van der Waals surface area contributed by atoms with Gasteiger partial charge in [0.1, 0.15) is 33.6 Å². The van der Waals surface area contributed by atoms with Crippen molar-refractivity contribution in [2.45, 2.75) is 36.7 Å². The van der Waals surface area contributed by atoms with Crippen molar-refractivity contribution >= 4 is 33.1 Å². The summed E-state index contributed by atoms with van der Waals surface area (Å²) >= 11 is 1.04. The fraction of sp³-hybridized carbons (Fsp3) is 0.208. The number of rotatable bonds is 6. The van der Waals surface area contributed by atoms with Gasteiger partial charge in [0.2, 0.25) is 0 Å². The summed E-state index contributed by atoms with van der Waals surface area (Å²) in [5, 5.41) is 0.601. The number of aryl methyl sites for hydroxylation is 2. The molecule has 4 aromatic rings. The van der Waals surface area contributed by atoms with E-state index in [0.717, 1.165) is 23.1 Å². The Balaban J connectivity index is 1.53. The largest absolute Gasteiger partial charge is 0.260 e. The molecule has 7 nitrogen and oxygen atoms in total. The Bertz CT molecular complexity index is 1600. The Kier molecular flexibility index (Phi) is 5.97. The van der Waals surface area contributed by atoms with E-state index in [2.05, 4.69) is 24.9 Å². The molecule has 5 rings (SSSR count). The van der Waals surface area contributed by atoms with Gasteiger partial charge in [-0.15, -0.1) is 11.3 Å². The van der Waals surface area contributed by atoms with Gasteiger partial charge in [-0.25, -0.2) is 32.2 Å². The van der Waals surface area contributed by atoms with E-state index in [-0.39, 0.29) is 21.8 Å². The first-order chi connectivity index (χ1) is 16.7. The van der Waals surface area contributed by atoms with Gasteiger partial charge in [0.05, 0.1) is 27.8 Å². The van der Waals surface area contributed by atoms with Gasteiger partial charge in [0, 0.05) is 41.9 Å². The number of pyridine rings is 1. The standard InChI is InChI=1S/C24H19F2N5O2S2/c1-13-24(34-14(2)31-13)35(32,33)11-15-5-6-18(25)17(21(15)26)10-20-16(4-3-8-27-20)22-23-19(7-9-28-23)29-12-30-22/h3-6,8-9,12H,7,10-11H2,1-2H3. The molecule has 0 amide bonds. The molecule has 0 bridgehead atoms. The topological polar surface area (TPSA) is 98.1 Å². The number of sulfone groups is 1. The molecule has 0 saturated carbocycles. The van der Waals surface area contributed by atoms with Crippen molar-refractivity contribution in [1.29, 1.82) is 0 Å². The van der Waals surface area contributed by atoms with Crippen LogP contribution in [-0.2, 0) is 28.4 Å². The van der Waals surface area contributed by atoms with Crippen LogP contribution in [0.1, 0.15) is 33.2 Å². The summed E-state index contributed by atoms with van der Waals surface area (Å²) < 4.78 is 56.4. The number of aromatic nitrogens is 4. The highest BCUT2D eigenvalue weighted by Crippen LogP contribution is 2.35. The molecule has 0 N–H and O–H groups in total. The summed E-state index contributed by atoms with van der Waals surface area (Å²) in [5.41, 5.74) is 2.87. The summed E-state index contributed by atoms with van der Waals surface area (Å²) in [7, 11) is -3.86. The number of fused-ring (bicyclic) bond motifs is 1. The molecule has 1 aliphatic heterocycles. The van der Waals surface area contributed by atoms with Crippen molar-refractivity contribution in [3.63, 3.8) is 0 Å². The van der Waals surface area contributed by atoms with Crippen LogP contribution in [0.3, 0.4) is 0 Å². The van der Waals surface area contributed by atoms with Crippen molar-refractivity contribution < 1.29 is 17.2 Å². The van der Waals surface area contributed by atoms with Crippen molar-refractivity contribution in [2.24, 2.45) is 4.99 Å². The molecular formula is C24H19F2N5O2S2. The number of nitrogens with zero attached hydrogens (tertiary/aromatic N) is 5. The third-order valence-corrected chi connectivity index (χ3v) is 9.08. The second-order valence-corrected chi connectivity index (χ2v) is 11.5. The average molecular weight is 512 g/mol. The summed E-state index contributed by atoms with van der Waals surface area (Å²) in [4.78, 5) is 21.4. The third-order valence-electron chi connectivity index (χ3n) is 5.65. The lowest BCUT2D eigenvalue weighted by molar-refractivity contribution is 0.550. The van der Waals surface area contributed by atoms with E-state index in [4.69, 9.17) is 0 Å². The monoisotopic (exact) mass is 511 g/mol. The van der Waals surface area contributed by atoms with E-state index in [1.807, 2.05) is 0 Å². The zero-order valence-corrected chi connectivity index (χ0v) is 20.4. The van der Waals surface area contributed by atoms with Gasteiger partial charge >= 0.3 is 0 Å². The second-order valence-electron chi connectivity index (χ2n) is 8.07. The van der Waals surface area contributed by atoms with Crippen LogP contribution in [0.4, 0.5) is 14.5 Å². The molecule has 0 spiro atoms. The maximum Gasteiger partial charge on any atom is 0.193 e. The minimum Gasteiger partial charge on any atom is -0.260 e. The zero-order chi connectivity index (χ0) is 24.7. The molecule has 0 saturated heterocycles.